The van der Waals surface area contributed by atoms with Crippen molar-refractivity contribution in [1.29, 1.82) is 5.26 Å². The van der Waals surface area contributed by atoms with Crippen molar-refractivity contribution in [2.45, 2.75) is 25.4 Å². The van der Waals surface area contributed by atoms with Gasteiger partial charge in [-0.3, -0.25) is 9.69 Å². The maximum Gasteiger partial charge on any atom is 0.239 e. The average Bonchev–Trinajstić information content (AvgIpc) is 2.61. The van der Waals surface area contributed by atoms with Gasteiger partial charge in [0.15, 0.2) is 0 Å². The minimum Gasteiger partial charge on any atom is -0.377 e. The van der Waals surface area contributed by atoms with Gasteiger partial charge in [0.1, 0.15) is 12.1 Å². The second-order valence-electron chi connectivity index (χ2n) is 3.54. The first kappa shape index (κ1) is 13.3. The summed E-state index contributed by atoms with van der Waals surface area (Å²) in [6.07, 6.45) is -0.551. The Hall–Kier alpha value is -0.770. The van der Waals surface area contributed by atoms with Gasteiger partial charge in [0.2, 0.25) is 5.91 Å². The molecule has 0 aromatic heterocycles. The van der Waals surface area contributed by atoms with Crippen molar-refractivity contribution in [3.63, 3.8) is 0 Å². The predicted molar refractivity (Wildman–Crippen MR) is 62.4 cm³/mol. The summed E-state index contributed by atoms with van der Waals surface area (Å²) in [5, 5.41) is 21.1. The Morgan fingerprint density at radius 3 is 2.94 bits per heavy atom. The van der Waals surface area contributed by atoms with E-state index in [1.807, 2.05) is 19.9 Å². The number of nitriles is 1. The standard InChI is InChI=1S/C10H17N3O2S/c1-3-12-9(15)7(5-11)10-13(4-2)8(14)6-16-10/h7-8,10,14H,3-4,6H2,1-2H3,(H,12,15)/t7-,8?,10?/m1/s1. The number of aliphatic hydroxyl groups is 1. The van der Waals surface area contributed by atoms with Crippen molar-refractivity contribution >= 4 is 17.7 Å². The second kappa shape index (κ2) is 6.09. The van der Waals surface area contributed by atoms with E-state index in [2.05, 4.69) is 5.32 Å². The Morgan fingerprint density at radius 1 is 1.75 bits per heavy atom. The fourth-order valence-corrected chi connectivity index (χ4v) is 3.18. The van der Waals surface area contributed by atoms with Gasteiger partial charge in [-0.2, -0.15) is 5.26 Å². The van der Waals surface area contributed by atoms with E-state index in [1.54, 1.807) is 4.90 Å². The number of nitrogens with one attached hydrogen (secondary N) is 1. The highest BCUT2D eigenvalue weighted by atomic mass is 32.2. The summed E-state index contributed by atoms with van der Waals surface area (Å²) in [6.45, 7) is 4.88. The van der Waals surface area contributed by atoms with Crippen molar-refractivity contribution in [1.82, 2.24) is 10.2 Å². The van der Waals surface area contributed by atoms with E-state index in [9.17, 15) is 9.90 Å². The molecule has 3 atom stereocenters. The van der Waals surface area contributed by atoms with Gasteiger partial charge in [-0.25, -0.2) is 0 Å². The van der Waals surface area contributed by atoms with Crippen LogP contribution in [0.2, 0.25) is 0 Å². The number of nitrogens with zero attached hydrogens (tertiary/aromatic N) is 2. The van der Waals surface area contributed by atoms with Crippen LogP contribution >= 0.6 is 11.8 Å². The molecule has 6 heteroatoms. The number of aliphatic hydroxyl groups excluding tert-OH is 1. The van der Waals surface area contributed by atoms with Crippen molar-refractivity contribution in [2.75, 3.05) is 18.8 Å². The molecule has 0 bridgehead atoms. The first-order valence-corrected chi connectivity index (χ1v) is 6.43. The number of amides is 1. The Bertz CT molecular complexity index is 292. The largest absolute Gasteiger partial charge is 0.377 e. The van der Waals surface area contributed by atoms with Gasteiger partial charge in [0, 0.05) is 12.3 Å². The van der Waals surface area contributed by atoms with Crippen LogP contribution in [-0.4, -0.2) is 46.4 Å². The first-order valence-electron chi connectivity index (χ1n) is 5.38. The fraction of sp³-hybridized carbons (Fsp3) is 0.800. The average molecular weight is 243 g/mol. The van der Waals surface area contributed by atoms with Crippen LogP contribution in [0, 0.1) is 17.2 Å². The third-order valence-electron chi connectivity index (χ3n) is 2.55. The summed E-state index contributed by atoms with van der Waals surface area (Å²) in [7, 11) is 0. The Kier molecular flexibility index (Phi) is 5.06. The summed E-state index contributed by atoms with van der Waals surface area (Å²) in [5.41, 5.74) is 0. The number of carbonyl (C=O) groups excluding carboxylic acids is 1. The highest BCUT2D eigenvalue weighted by molar-refractivity contribution is 8.00. The highest BCUT2D eigenvalue weighted by Gasteiger charge is 2.40. The molecule has 1 fully saturated rings. The lowest BCUT2D eigenvalue weighted by molar-refractivity contribution is -0.124. The van der Waals surface area contributed by atoms with Gasteiger partial charge < -0.3 is 10.4 Å². The number of hydrogen-bond acceptors (Lipinski definition) is 5. The molecule has 1 aliphatic rings. The van der Waals surface area contributed by atoms with E-state index >= 15 is 0 Å². The Morgan fingerprint density at radius 2 is 2.44 bits per heavy atom. The van der Waals surface area contributed by atoms with Crippen LogP contribution in [0.1, 0.15) is 13.8 Å². The van der Waals surface area contributed by atoms with Crippen LogP contribution in [0.15, 0.2) is 0 Å². The number of hydrogen-bond donors (Lipinski definition) is 2. The lowest BCUT2D eigenvalue weighted by atomic mass is 10.1. The van der Waals surface area contributed by atoms with Crippen LogP contribution < -0.4 is 5.32 Å². The van der Waals surface area contributed by atoms with Crippen molar-refractivity contribution in [3.05, 3.63) is 0 Å². The van der Waals surface area contributed by atoms with Crippen LogP contribution in [-0.2, 0) is 4.79 Å². The topological polar surface area (TPSA) is 76.4 Å². The molecular formula is C10H17N3O2S. The Balaban J connectivity index is 2.74. The van der Waals surface area contributed by atoms with E-state index in [-0.39, 0.29) is 11.3 Å². The van der Waals surface area contributed by atoms with Crippen LogP contribution in [0.4, 0.5) is 0 Å². The molecule has 2 unspecified atom stereocenters. The Labute approximate surface area is 99.8 Å². The normalized spacial score (nSPS) is 27.4. The highest BCUT2D eigenvalue weighted by Crippen LogP contribution is 2.32. The SMILES string of the molecule is CCNC(=O)[C@@H](C#N)C1SCC(O)N1CC. The molecule has 0 spiro atoms. The summed E-state index contributed by atoms with van der Waals surface area (Å²) in [4.78, 5) is 13.5. The molecule has 0 aromatic rings. The lowest BCUT2D eigenvalue weighted by Crippen LogP contribution is -2.44. The molecule has 1 rings (SSSR count). The maximum atomic E-state index is 11.7. The molecule has 90 valence electrons. The predicted octanol–water partition coefficient (Wildman–Crippen LogP) is -0.0245. The molecule has 1 heterocycles. The first-order chi connectivity index (χ1) is 7.65. The van der Waals surface area contributed by atoms with Gasteiger partial charge in [0.05, 0.1) is 11.4 Å². The minimum absolute atomic E-state index is 0.239. The molecule has 1 aliphatic heterocycles. The third kappa shape index (κ3) is 2.67. The smallest absolute Gasteiger partial charge is 0.239 e. The van der Waals surface area contributed by atoms with Crippen LogP contribution in [0.25, 0.3) is 0 Å². The second-order valence-corrected chi connectivity index (χ2v) is 4.69. The molecule has 16 heavy (non-hydrogen) atoms. The number of rotatable bonds is 4. The number of thioether (sulfide) groups is 1. The lowest BCUT2D eigenvalue weighted by Gasteiger charge is -2.27. The molecule has 2 N–H and O–H groups in total. The van der Waals surface area contributed by atoms with Gasteiger partial charge >= 0.3 is 0 Å². The summed E-state index contributed by atoms with van der Waals surface area (Å²) in [6, 6.07) is 2.03. The molecule has 5 nitrogen and oxygen atoms in total. The van der Waals surface area contributed by atoms with Gasteiger partial charge in [-0.15, -0.1) is 11.8 Å². The molecule has 0 saturated carbocycles. The zero-order valence-corrected chi connectivity index (χ0v) is 10.3. The van der Waals surface area contributed by atoms with Crippen molar-refractivity contribution in [3.8, 4) is 6.07 Å². The van der Waals surface area contributed by atoms with Gasteiger partial charge in [0.25, 0.3) is 0 Å². The minimum atomic E-state index is -0.720. The number of carbonyl (C=O) groups is 1. The van der Waals surface area contributed by atoms with E-state index < -0.39 is 12.1 Å². The molecule has 0 radical (unpaired) electrons. The van der Waals surface area contributed by atoms with E-state index in [1.165, 1.54) is 11.8 Å². The summed E-state index contributed by atoms with van der Waals surface area (Å²) in [5.74, 6) is -0.423. The van der Waals surface area contributed by atoms with Crippen LogP contribution in [0.3, 0.4) is 0 Å². The van der Waals surface area contributed by atoms with E-state index in [0.717, 1.165) is 0 Å². The van der Waals surface area contributed by atoms with Crippen molar-refractivity contribution in [2.24, 2.45) is 5.92 Å². The third-order valence-corrected chi connectivity index (χ3v) is 3.92. The van der Waals surface area contributed by atoms with E-state index in [4.69, 9.17) is 5.26 Å². The monoisotopic (exact) mass is 243 g/mol. The summed E-state index contributed by atoms with van der Waals surface area (Å²) < 4.78 is 0. The fourth-order valence-electron chi connectivity index (χ4n) is 1.76. The quantitative estimate of drug-likeness (QED) is 0.725. The van der Waals surface area contributed by atoms with Gasteiger partial charge in [-0.1, -0.05) is 6.92 Å². The molecular weight excluding hydrogens is 226 g/mol. The molecule has 0 aromatic carbocycles. The zero-order chi connectivity index (χ0) is 12.1. The van der Waals surface area contributed by atoms with Gasteiger partial charge in [-0.05, 0) is 13.5 Å². The molecule has 1 saturated heterocycles. The summed E-state index contributed by atoms with van der Waals surface area (Å²) >= 11 is 1.46. The zero-order valence-electron chi connectivity index (χ0n) is 9.51. The van der Waals surface area contributed by atoms with E-state index in [0.29, 0.717) is 18.8 Å². The van der Waals surface area contributed by atoms with Crippen LogP contribution in [0.5, 0.6) is 0 Å². The molecule has 0 aliphatic carbocycles. The van der Waals surface area contributed by atoms with Crippen molar-refractivity contribution < 1.29 is 9.90 Å². The molecule has 1 amide bonds. The maximum absolute atomic E-state index is 11.7.